The number of anilines is 1. The second-order valence-electron chi connectivity index (χ2n) is 8.10. The zero-order valence-electron chi connectivity index (χ0n) is 18.4. The molecule has 0 fully saturated rings. The maximum absolute atomic E-state index is 12.7. The van der Waals surface area contributed by atoms with Crippen LogP contribution in [0, 0.1) is 0 Å². The first kappa shape index (κ1) is 24.9. The molecule has 11 heteroatoms. The van der Waals surface area contributed by atoms with Crippen LogP contribution in [-0.2, 0) is 33.2 Å². The molecule has 0 saturated carbocycles. The highest BCUT2D eigenvalue weighted by molar-refractivity contribution is 7.89. The van der Waals surface area contributed by atoms with Crippen LogP contribution >= 0.6 is 11.6 Å². The average molecular weight is 501 g/mol. The summed E-state index contributed by atoms with van der Waals surface area (Å²) in [6.07, 6.45) is 0.911. The first-order valence-corrected chi connectivity index (χ1v) is 13.6. The molecule has 32 heavy (non-hydrogen) atoms. The van der Waals surface area contributed by atoms with Gasteiger partial charge in [0.2, 0.25) is 10.0 Å². The largest absolute Gasteiger partial charge is 0.378 e. The molecule has 1 aliphatic heterocycles. The lowest BCUT2D eigenvalue weighted by Crippen LogP contribution is -2.44. The molecule has 1 unspecified atom stereocenters. The van der Waals surface area contributed by atoms with E-state index in [0.717, 1.165) is 16.8 Å². The van der Waals surface area contributed by atoms with Crippen molar-refractivity contribution in [3.63, 3.8) is 0 Å². The molecule has 0 aliphatic carbocycles. The van der Waals surface area contributed by atoms with Crippen molar-refractivity contribution in [3.05, 3.63) is 58.6 Å². The SMILES string of the molecule is CC(CCNS(=O)(=O)N1CCc2cc(Cl)ccc2C1)NS(=O)(=O)c1ccc(N(C)C)cc1. The summed E-state index contributed by atoms with van der Waals surface area (Å²) in [5, 5.41) is 0.642. The Morgan fingerprint density at radius 3 is 2.41 bits per heavy atom. The van der Waals surface area contributed by atoms with Crippen molar-refractivity contribution in [1.82, 2.24) is 13.7 Å². The van der Waals surface area contributed by atoms with Gasteiger partial charge in [-0.25, -0.2) is 17.9 Å². The number of fused-ring (bicyclic) bond motifs is 1. The van der Waals surface area contributed by atoms with Gasteiger partial charge in [0.1, 0.15) is 0 Å². The molecule has 2 aromatic rings. The summed E-state index contributed by atoms with van der Waals surface area (Å²) in [4.78, 5) is 2.05. The minimum atomic E-state index is -3.69. The first-order valence-electron chi connectivity index (χ1n) is 10.3. The molecule has 2 N–H and O–H groups in total. The monoisotopic (exact) mass is 500 g/mol. The number of halogens is 1. The van der Waals surface area contributed by atoms with Crippen molar-refractivity contribution < 1.29 is 16.8 Å². The first-order chi connectivity index (χ1) is 15.0. The lowest BCUT2D eigenvalue weighted by Gasteiger charge is -2.28. The van der Waals surface area contributed by atoms with Gasteiger partial charge < -0.3 is 4.90 Å². The Hall–Kier alpha value is -1.69. The molecule has 2 aromatic carbocycles. The van der Waals surface area contributed by atoms with Crippen LogP contribution in [0.3, 0.4) is 0 Å². The number of nitrogens with one attached hydrogen (secondary N) is 2. The van der Waals surface area contributed by atoms with Crippen molar-refractivity contribution >= 4 is 37.5 Å². The molecule has 0 saturated heterocycles. The zero-order valence-corrected chi connectivity index (χ0v) is 20.8. The van der Waals surface area contributed by atoms with Gasteiger partial charge in [0.25, 0.3) is 10.2 Å². The van der Waals surface area contributed by atoms with Crippen LogP contribution < -0.4 is 14.3 Å². The van der Waals surface area contributed by atoms with Gasteiger partial charge in [-0.05, 0) is 67.3 Å². The fourth-order valence-electron chi connectivity index (χ4n) is 3.51. The second kappa shape index (κ2) is 10.1. The van der Waals surface area contributed by atoms with Crippen LogP contribution in [0.1, 0.15) is 24.5 Å². The van der Waals surface area contributed by atoms with Gasteiger partial charge in [0.05, 0.1) is 4.90 Å². The molecule has 1 heterocycles. The van der Waals surface area contributed by atoms with E-state index in [9.17, 15) is 16.8 Å². The summed E-state index contributed by atoms with van der Waals surface area (Å²) >= 11 is 6.01. The second-order valence-corrected chi connectivity index (χ2v) is 12.0. The maximum atomic E-state index is 12.7. The van der Waals surface area contributed by atoms with E-state index in [1.807, 2.05) is 31.1 Å². The standard InChI is InChI=1S/C21H29ClN4O4S2/c1-16(24-31(27,28)21-8-6-20(7-9-21)25(2)3)10-12-23-32(29,30)26-13-11-17-14-19(22)5-4-18(17)15-26/h4-9,14,16,23-24H,10-13,15H2,1-3H3. The fraction of sp³-hybridized carbons (Fsp3) is 0.429. The van der Waals surface area contributed by atoms with E-state index in [0.29, 0.717) is 24.4 Å². The van der Waals surface area contributed by atoms with Crippen LogP contribution in [0.25, 0.3) is 0 Å². The van der Waals surface area contributed by atoms with Crippen LogP contribution in [-0.4, -0.2) is 54.4 Å². The molecule has 0 bridgehead atoms. The van der Waals surface area contributed by atoms with Gasteiger partial charge in [0.15, 0.2) is 0 Å². The molecule has 1 atom stereocenters. The summed E-state index contributed by atoms with van der Waals surface area (Å²) in [5.41, 5.74) is 2.90. The van der Waals surface area contributed by atoms with Gasteiger partial charge >= 0.3 is 0 Å². The van der Waals surface area contributed by atoms with E-state index in [1.165, 1.54) is 4.31 Å². The highest BCUT2D eigenvalue weighted by atomic mass is 35.5. The van der Waals surface area contributed by atoms with Crippen LogP contribution in [0.2, 0.25) is 5.02 Å². The van der Waals surface area contributed by atoms with Gasteiger partial charge in [-0.2, -0.15) is 12.7 Å². The summed E-state index contributed by atoms with van der Waals surface area (Å²) in [6, 6.07) is 11.6. The van der Waals surface area contributed by atoms with Crippen molar-refractivity contribution in [3.8, 4) is 0 Å². The third-order valence-corrected chi connectivity index (χ3v) is 8.77. The lowest BCUT2D eigenvalue weighted by atomic mass is 10.0. The normalized spacial score (nSPS) is 15.9. The lowest BCUT2D eigenvalue weighted by molar-refractivity contribution is 0.383. The summed E-state index contributed by atoms with van der Waals surface area (Å²) in [7, 11) is -3.61. The molecule has 0 aromatic heterocycles. The minimum absolute atomic E-state index is 0.121. The molecule has 0 amide bonds. The molecule has 1 aliphatic rings. The van der Waals surface area contributed by atoms with Gasteiger partial charge in [-0.1, -0.05) is 17.7 Å². The van der Waals surface area contributed by atoms with Crippen molar-refractivity contribution in [1.29, 1.82) is 0 Å². The Labute approximate surface area is 195 Å². The molecule has 176 valence electrons. The Kier molecular flexibility index (Phi) is 7.85. The predicted molar refractivity (Wildman–Crippen MR) is 128 cm³/mol. The van der Waals surface area contributed by atoms with E-state index in [1.54, 1.807) is 37.3 Å². The van der Waals surface area contributed by atoms with E-state index in [2.05, 4.69) is 9.44 Å². The van der Waals surface area contributed by atoms with E-state index in [-0.39, 0.29) is 18.0 Å². The number of hydrogen-bond donors (Lipinski definition) is 2. The number of rotatable bonds is 9. The highest BCUT2D eigenvalue weighted by Gasteiger charge is 2.26. The Bertz CT molecular complexity index is 1150. The molecular weight excluding hydrogens is 472 g/mol. The van der Waals surface area contributed by atoms with E-state index in [4.69, 9.17) is 11.6 Å². The maximum Gasteiger partial charge on any atom is 0.279 e. The van der Waals surface area contributed by atoms with E-state index < -0.39 is 26.3 Å². The van der Waals surface area contributed by atoms with Crippen molar-refractivity contribution in [2.24, 2.45) is 0 Å². The Morgan fingerprint density at radius 2 is 1.75 bits per heavy atom. The smallest absolute Gasteiger partial charge is 0.279 e. The van der Waals surface area contributed by atoms with E-state index >= 15 is 0 Å². The fourth-order valence-corrected chi connectivity index (χ4v) is 6.18. The van der Waals surface area contributed by atoms with Crippen LogP contribution in [0.5, 0.6) is 0 Å². The summed E-state index contributed by atoms with van der Waals surface area (Å²) < 4.78 is 57.1. The zero-order chi connectivity index (χ0) is 23.5. The van der Waals surface area contributed by atoms with Crippen molar-refractivity contribution in [2.75, 3.05) is 32.1 Å². The van der Waals surface area contributed by atoms with Gasteiger partial charge in [0, 0.05) is 50.5 Å². The quantitative estimate of drug-likeness (QED) is 0.550. The summed E-state index contributed by atoms with van der Waals surface area (Å²) in [6.45, 7) is 2.48. The molecule has 0 spiro atoms. The summed E-state index contributed by atoms with van der Waals surface area (Å²) in [5.74, 6) is 0. The molecule has 3 rings (SSSR count). The number of nitrogens with zero attached hydrogens (tertiary/aromatic N) is 2. The number of sulfonamides is 1. The van der Waals surface area contributed by atoms with Crippen LogP contribution in [0.4, 0.5) is 5.69 Å². The molecule has 8 nitrogen and oxygen atoms in total. The number of benzene rings is 2. The molecule has 0 radical (unpaired) electrons. The minimum Gasteiger partial charge on any atom is -0.378 e. The third kappa shape index (κ3) is 6.21. The molecular formula is C21H29ClN4O4S2. The highest BCUT2D eigenvalue weighted by Crippen LogP contribution is 2.24. The Morgan fingerprint density at radius 1 is 1.06 bits per heavy atom. The third-order valence-electron chi connectivity index (χ3n) is 5.37. The van der Waals surface area contributed by atoms with Crippen molar-refractivity contribution in [2.45, 2.75) is 37.2 Å². The number of hydrogen-bond acceptors (Lipinski definition) is 5. The predicted octanol–water partition coefficient (Wildman–Crippen LogP) is 2.36. The van der Waals surface area contributed by atoms with Crippen LogP contribution in [0.15, 0.2) is 47.4 Å². The Balaban J connectivity index is 1.52. The average Bonchev–Trinajstić information content (AvgIpc) is 2.72. The topological polar surface area (TPSA) is 98.8 Å². The van der Waals surface area contributed by atoms with Gasteiger partial charge in [-0.15, -0.1) is 0 Å². The van der Waals surface area contributed by atoms with Gasteiger partial charge in [-0.3, -0.25) is 0 Å².